The van der Waals surface area contributed by atoms with Crippen molar-refractivity contribution < 1.29 is 5.11 Å². The van der Waals surface area contributed by atoms with Crippen molar-refractivity contribution in [3.8, 4) is 23.6 Å². The number of nitrogens with one attached hydrogen (secondary N) is 1. The summed E-state index contributed by atoms with van der Waals surface area (Å²) in [6.07, 6.45) is 9.79. The maximum Gasteiger partial charge on any atom is 0.195 e. The van der Waals surface area contributed by atoms with Crippen LogP contribution in [0, 0.1) is 25.2 Å². The zero-order valence-corrected chi connectivity index (χ0v) is 22.2. The van der Waals surface area contributed by atoms with E-state index in [0.29, 0.717) is 18.8 Å². The molecule has 194 valence electrons. The van der Waals surface area contributed by atoms with Crippen molar-refractivity contribution in [2.24, 2.45) is 17.4 Å². The second-order valence-corrected chi connectivity index (χ2v) is 11.4. The van der Waals surface area contributed by atoms with Gasteiger partial charge in [-0.25, -0.2) is 4.98 Å². The molecule has 1 aliphatic heterocycles. The van der Waals surface area contributed by atoms with E-state index in [1.54, 1.807) is 11.3 Å². The molecule has 1 unspecified atom stereocenters. The molecule has 3 heterocycles. The van der Waals surface area contributed by atoms with Crippen LogP contribution in [0.5, 0.6) is 0 Å². The number of hydrogen-bond acceptors (Lipinski definition) is 7. The molecular formula is C29H36N6OS. The summed E-state index contributed by atoms with van der Waals surface area (Å²) >= 11 is 1.64. The summed E-state index contributed by atoms with van der Waals surface area (Å²) in [5, 5.41) is 14.2. The van der Waals surface area contributed by atoms with Crippen LogP contribution in [0.15, 0.2) is 48.7 Å². The fraction of sp³-hybridized carbons (Fsp3) is 0.414. The number of nitrogens with zero attached hydrogens (tertiary/aromatic N) is 3. The molecule has 8 heteroatoms. The molecular weight excluding hydrogens is 480 g/mol. The van der Waals surface area contributed by atoms with E-state index < -0.39 is 11.9 Å². The van der Waals surface area contributed by atoms with Crippen molar-refractivity contribution in [1.82, 2.24) is 19.6 Å². The molecule has 7 nitrogen and oxygen atoms in total. The Morgan fingerprint density at radius 2 is 2.05 bits per heavy atom. The molecule has 1 aliphatic rings. The third kappa shape index (κ3) is 6.04. The Balaban J connectivity index is 1.16. The van der Waals surface area contributed by atoms with E-state index in [4.69, 9.17) is 22.9 Å². The molecule has 1 fully saturated rings. The van der Waals surface area contributed by atoms with Crippen LogP contribution in [0.25, 0.3) is 26.4 Å². The second-order valence-electron chi connectivity index (χ2n) is 10.4. The lowest BCUT2D eigenvalue weighted by molar-refractivity contribution is 0.132. The van der Waals surface area contributed by atoms with E-state index in [2.05, 4.69) is 70.1 Å². The number of imidazole rings is 1. The van der Waals surface area contributed by atoms with Gasteiger partial charge in [-0.2, -0.15) is 0 Å². The summed E-state index contributed by atoms with van der Waals surface area (Å²) in [7, 11) is 0. The van der Waals surface area contributed by atoms with Crippen LogP contribution >= 0.6 is 11.3 Å². The molecule has 6 N–H and O–H groups in total. The number of thiazole rings is 1. The molecule has 1 saturated heterocycles. The number of aryl methyl sites for hydroxylation is 1. The topological polar surface area (TPSA) is 105 Å². The molecule has 0 spiro atoms. The molecule has 37 heavy (non-hydrogen) atoms. The molecule has 0 aliphatic carbocycles. The predicted octanol–water partition coefficient (Wildman–Crippen LogP) is 3.84. The fourth-order valence-electron chi connectivity index (χ4n) is 5.03. The quantitative estimate of drug-likeness (QED) is 0.189. The number of nitrogens with two attached hydrogens (primary N) is 2. The van der Waals surface area contributed by atoms with Crippen LogP contribution in [-0.2, 0) is 0 Å². The Labute approximate surface area is 222 Å². The lowest BCUT2D eigenvalue weighted by Gasteiger charge is -2.26. The third-order valence-corrected chi connectivity index (χ3v) is 8.40. The summed E-state index contributed by atoms with van der Waals surface area (Å²) in [6, 6.07) is 14.6. The first-order valence-electron chi connectivity index (χ1n) is 12.9. The smallest absolute Gasteiger partial charge is 0.195 e. The normalized spacial score (nSPS) is 17.5. The van der Waals surface area contributed by atoms with Gasteiger partial charge >= 0.3 is 0 Å². The van der Waals surface area contributed by atoms with Crippen molar-refractivity contribution in [3.63, 3.8) is 0 Å². The summed E-state index contributed by atoms with van der Waals surface area (Å²) in [4.78, 5) is 8.20. The van der Waals surface area contributed by atoms with Gasteiger partial charge in [0.2, 0.25) is 0 Å². The number of fused-ring (bicyclic) bond motifs is 3. The molecule has 2 atom stereocenters. The fourth-order valence-corrected chi connectivity index (χ4v) is 6.08. The number of likely N-dealkylation sites (tertiary alicyclic amines) is 1. The highest BCUT2D eigenvalue weighted by Gasteiger charge is 2.26. The first-order chi connectivity index (χ1) is 17.8. The van der Waals surface area contributed by atoms with E-state index in [1.807, 2.05) is 6.07 Å². The van der Waals surface area contributed by atoms with Crippen molar-refractivity contribution in [2.75, 3.05) is 26.2 Å². The first-order valence-corrected chi connectivity index (χ1v) is 13.8. The van der Waals surface area contributed by atoms with Gasteiger partial charge in [-0.3, -0.25) is 9.72 Å². The largest absolute Gasteiger partial charge is 0.374 e. The van der Waals surface area contributed by atoms with Crippen LogP contribution in [0.2, 0.25) is 0 Å². The van der Waals surface area contributed by atoms with Crippen LogP contribution in [0.1, 0.15) is 43.0 Å². The molecule has 5 rings (SSSR count). The molecule has 2 aromatic carbocycles. The standard InChI is InChI=1S/C29H36N6OS/c1-3-4-12-29(30,31)13-15-34-14-11-21(18-34)17-32-27(36)23-9-10-25-26(16-23)37-28-33-24(19-35(25)28)22-7-5-20(2)6-8-22/h1,5-10,16,19,21,27,32,36H,4,11-15,17-18,30-31H2,2H3/t21-,27?/m1/s1. The maximum absolute atomic E-state index is 10.8. The minimum absolute atomic E-state index is 0.485. The van der Waals surface area contributed by atoms with Gasteiger partial charge in [0.1, 0.15) is 6.23 Å². The van der Waals surface area contributed by atoms with E-state index >= 15 is 0 Å². The molecule has 0 saturated carbocycles. The number of aromatic nitrogens is 2. The van der Waals surface area contributed by atoms with Crippen molar-refractivity contribution >= 4 is 26.5 Å². The van der Waals surface area contributed by atoms with E-state index in [9.17, 15) is 5.11 Å². The predicted molar refractivity (Wildman–Crippen MR) is 152 cm³/mol. The molecule has 2 aromatic heterocycles. The molecule has 0 bridgehead atoms. The second kappa shape index (κ2) is 10.9. The van der Waals surface area contributed by atoms with E-state index in [0.717, 1.165) is 71.0 Å². The highest BCUT2D eigenvalue weighted by atomic mass is 32.1. The highest BCUT2D eigenvalue weighted by molar-refractivity contribution is 7.23. The lowest BCUT2D eigenvalue weighted by Crippen LogP contribution is -2.51. The van der Waals surface area contributed by atoms with Crippen LogP contribution < -0.4 is 16.8 Å². The van der Waals surface area contributed by atoms with Crippen molar-refractivity contribution in [3.05, 3.63) is 59.8 Å². The number of benzene rings is 2. The average Bonchev–Trinajstić information content (AvgIpc) is 3.60. The van der Waals surface area contributed by atoms with Gasteiger partial charge < -0.3 is 21.5 Å². The number of aliphatic hydroxyl groups is 1. The molecule has 0 radical (unpaired) electrons. The average molecular weight is 517 g/mol. The van der Waals surface area contributed by atoms with Crippen LogP contribution in [0.4, 0.5) is 0 Å². The van der Waals surface area contributed by atoms with Gasteiger partial charge in [-0.15, -0.1) is 12.3 Å². The maximum atomic E-state index is 10.8. The SMILES string of the molecule is C#CCCC(N)(N)CCN1CC[C@H](CNC(O)c2ccc3c(c2)sc2nc(-c4ccc(C)cc4)cn23)C1. The summed E-state index contributed by atoms with van der Waals surface area (Å²) in [6.45, 7) is 5.73. The van der Waals surface area contributed by atoms with E-state index in [-0.39, 0.29) is 0 Å². The zero-order chi connectivity index (χ0) is 26.0. The monoisotopic (exact) mass is 516 g/mol. The van der Waals surface area contributed by atoms with Crippen LogP contribution in [-0.4, -0.2) is 51.2 Å². The first kappa shape index (κ1) is 25.9. The Hall–Kier alpha value is -2.77. The van der Waals surface area contributed by atoms with Crippen molar-refractivity contribution in [2.45, 2.75) is 44.5 Å². The van der Waals surface area contributed by atoms with E-state index in [1.165, 1.54) is 5.56 Å². The number of aliphatic hydroxyl groups excluding tert-OH is 1. The van der Waals surface area contributed by atoms with Crippen LogP contribution in [0.3, 0.4) is 0 Å². The van der Waals surface area contributed by atoms with Gasteiger partial charge in [0, 0.05) is 37.8 Å². The number of rotatable bonds is 10. The minimum atomic E-state index is -0.708. The van der Waals surface area contributed by atoms with Gasteiger partial charge in [0.05, 0.1) is 21.6 Å². The molecule has 0 amide bonds. The Morgan fingerprint density at radius 3 is 2.84 bits per heavy atom. The number of hydrogen-bond donors (Lipinski definition) is 4. The Bertz CT molecular complexity index is 1400. The number of terminal acetylenes is 1. The minimum Gasteiger partial charge on any atom is -0.374 e. The van der Waals surface area contributed by atoms with Gasteiger partial charge in [-0.05, 0) is 56.3 Å². The van der Waals surface area contributed by atoms with Gasteiger partial charge in [0.15, 0.2) is 4.96 Å². The summed E-state index contributed by atoms with van der Waals surface area (Å²) in [5.41, 5.74) is 17.0. The third-order valence-electron chi connectivity index (χ3n) is 7.38. The zero-order valence-electron chi connectivity index (χ0n) is 21.4. The molecule has 4 aromatic rings. The summed E-state index contributed by atoms with van der Waals surface area (Å²) in [5.74, 6) is 3.10. The highest BCUT2D eigenvalue weighted by Crippen LogP contribution is 2.31. The lowest BCUT2D eigenvalue weighted by atomic mass is 10.0. The summed E-state index contributed by atoms with van der Waals surface area (Å²) < 4.78 is 3.25. The van der Waals surface area contributed by atoms with Crippen molar-refractivity contribution in [1.29, 1.82) is 0 Å². The Kier molecular flexibility index (Phi) is 7.63. The van der Waals surface area contributed by atoms with Gasteiger partial charge in [-0.1, -0.05) is 47.2 Å². The Morgan fingerprint density at radius 1 is 1.24 bits per heavy atom. The van der Waals surface area contributed by atoms with Gasteiger partial charge in [0.25, 0.3) is 0 Å².